The van der Waals surface area contributed by atoms with Crippen LogP contribution in [0.4, 0.5) is 0 Å². The van der Waals surface area contributed by atoms with Crippen LogP contribution in [0.25, 0.3) is 0 Å². The van der Waals surface area contributed by atoms with Gasteiger partial charge in [0.05, 0.1) is 13.2 Å². The zero-order valence-corrected chi connectivity index (χ0v) is 10.2. The van der Waals surface area contributed by atoms with Crippen LogP contribution < -0.4 is 5.32 Å². The summed E-state index contributed by atoms with van der Waals surface area (Å²) in [7, 11) is 0. The molecule has 1 aliphatic rings. The van der Waals surface area contributed by atoms with Crippen molar-refractivity contribution in [3.05, 3.63) is 0 Å². The Morgan fingerprint density at radius 3 is 1.93 bits per heavy atom. The monoisotopic (exact) mass is 202 g/mol. The van der Waals surface area contributed by atoms with Crippen LogP contribution in [0.3, 0.4) is 0 Å². The second-order valence-corrected chi connectivity index (χ2v) is 3.55. The van der Waals surface area contributed by atoms with Crippen molar-refractivity contribution in [1.29, 1.82) is 0 Å². The molecule has 1 heterocycles. The second-order valence-electron chi connectivity index (χ2n) is 3.55. The second kappa shape index (κ2) is 9.44. The fourth-order valence-corrected chi connectivity index (χ4v) is 1.37. The SMILES string of the molecule is CCN(CC)CC.C[C@H]1COCCN1. The summed E-state index contributed by atoms with van der Waals surface area (Å²) in [6.45, 7) is 15.0. The predicted molar refractivity (Wildman–Crippen MR) is 61.7 cm³/mol. The fourth-order valence-electron chi connectivity index (χ4n) is 1.37. The van der Waals surface area contributed by atoms with Crippen LogP contribution in [0.15, 0.2) is 0 Å². The summed E-state index contributed by atoms with van der Waals surface area (Å²) >= 11 is 0. The van der Waals surface area contributed by atoms with Crippen molar-refractivity contribution < 1.29 is 4.74 Å². The van der Waals surface area contributed by atoms with Crippen molar-refractivity contribution >= 4 is 0 Å². The molecule has 0 amide bonds. The molecule has 0 aromatic carbocycles. The number of nitrogens with one attached hydrogen (secondary N) is 1. The maximum Gasteiger partial charge on any atom is 0.0617 e. The van der Waals surface area contributed by atoms with E-state index >= 15 is 0 Å². The van der Waals surface area contributed by atoms with Crippen LogP contribution in [-0.4, -0.2) is 50.3 Å². The summed E-state index contributed by atoms with van der Waals surface area (Å²) in [5.41, 5.74) is 0. The minimum Gasteiger partial charge on any atom is -0.379 e. The Bertz CT molecular complexity index is 104. The molecule has 1 rings (SSSR count). The van der Waals surface area contributed by atoms with Gasteiger partial charge in [-0.05, 0) is 26.6 Å². The molecule has 0 aliphatic carbocycles. The normalized spacial score (nSPS) is 21.6. The van der Waals surface area contributed by atoms with E-state index in [1.807, 2.05) is 0 Å². The average Bonchev–Trinajstić information content (AvgIpc) is 2.22. The molecule has 3 heteroatoms. The number of morpholine rings is 1. The molecule has 0 radical (unpaired) electrons. The van der Waals surface area contributed by atoms with Crippen molar-refractivity contribution in [1.82, 2.24) is 10.2 Å². The Kier molecular flexibility index (Phi) is 9.35. The molecule has 1 aliphatic heterocycles. The first-order chi connectivity index (χ1) is 6.74. The van der Waals surface area contributed by atoms with Gasteiger partial charge in [0.15, 0.2) is 0 Å². The maximum atomic E-state index is 5.12. The smallest absolute Gasteiger partial charge is 0.0617 e. The van der Waals surface area contributed by atoms with Crippen molar-refractivity contribution in [2.45, 2.75) is 33.7 Å². The minimum atomic E-state index is 0.564. The Labute approximate surface area is 88.8 Å². The van der Waals surface area contributed by atoms with E-state index in [4.69, 9.17) is 4.74 Å². The lowest BCUT2D eigenvalue weighted by atomic mass is 10.3. The quantitative estimate of drug-likeness (QED) is 0.747. The van der Waals surface area contributed by atoms with E-state index in [0.29, 0.717) is 6.04 Å². The van der Waals surface area contributed by atoms with Crippen LogP contribution in [0, 0.1) is 0 Å². The molecule has 1 atom stereocenters. The maximum absolute atomic E-state index is 5.12. The number of nitrogens with zero attached hydrogens (tertiary/aromatic N) is 1. The van der Waals surface area contributed by atoms with E-state index in [-0.39, 0.29) is 0 Å². The van der Waals surface area contributed by atoms with Crippen LogP contribution >= 0.6 is 0 Å². The molecule has 1 N–H and O–H groups in total. The number of hydrogen-bond donors (Lipinski definition) is 1. The lowest BCUT2D eigenvalue weighted by Gasteiger charge is -2.19. The molecule has 14 heavy (non-hydrogen) atoms. The summed E-state index contributed by atoms with van der Waals surface area (Å²) in [6.07, 6.45) is 0. The highest BCUT2D eigenvalue weighted by molar-refractivity contribution is 4.62. The van der Waals surface area contributed by atoms with E-state index in [1.54, 1.807) is 0 Å². The number of rotatable bonds is 3. The highest BCUT2D eigenvalue weighted by Crippen LogP contribution is 1.88. The first-order valence-corrected chi connectivity index (χ1v) is 5.78. The molecular weight excluding hydrogens is 176 g/mol. The van der Waals surface area contributed by atoms with Gasteiger partial charge in [0.25, 0.3) is 0 Å². The summed E-state index contributed by atoms with van der Waals surface area (Å²) in [6, 6.07) is 0.564. The van der Waals surface area contributed by atoms with Gasteiger partial charge in [-0.15, -0.1) is 0 Å². The summed E-state index contributed by atoms with van der Waals surface area (Å²) in [4.78, 5) is 2.38. The highest BCUT2D eigenvalue weighted by Gasteiger charge is 2.04. The highest BCUT2D eigenvalue weighted by atomic mass is 16.5. The van der Waals surface area contributed by atoms with Gasteiger partial charge in [-0.1, -0.05) is 20.8 Å². The zero-order valence-electron chi connectivity index (χ0n) is 10.2. The van der Waals surface area contributed by atoms with Gasteiger partial charge >= 0.3 is 0 Å². The predicted octanol–water partition coefficient (Wildman–Crippen LogP) is 1.34. The molecule has 0 saturated carbocycles. The topological polar surface area (TPSA) is 24.5 Å². The Morgan fingerprint density at radius 1 is 1.21 bits per heavy atom. The van der Waals surface area contributed by atoms with Gasteiger partial charge < -0.3 is 15.0 Å². The van der Waals surface area contributed by atoms with Crippen molar-refractivity contribution in [2.75, 3.05) is 39.4 Å². The van der Waals surface area contributed by atoms with E-state index in [0.717, 1.165) is 19.8 Å². The van der Waals surface area contributed by atoms with Gasteiger partial charge in [-0.25, -0.2) is 0 Å². The Balaban J connectivity index is 0.000000241. The van der Waals surface area contributed by atoms with Gasteiger partial charge in [0.1, 0.15) is 0 Å². The van der Waals surface area contributed by atoms with E-state index in [2.05, 4.69) is 37.9 Å². The third-order valence-corrected chi connectivity index (χ3v) is 2.45. The average molecular weight is 202 g/mol. The number of hydrogen-bond acceptors (Lipinski definition) is 3. The molecule has 1 saturated heterocycles. The largest absolute Gasteiger partial charge is 0.379 e. The molecule has 3 nitrogen and oxygen atoms in total. The summed E-state index contributed by atoms with van der Waals surface area (Å²) in [5, 5.41) is 3.26. The molecule has 0 aromatic heterocycles. The third kappa shape index (κ3) is 7.30. The molecule has 0 spiro atoms. The van der Waals surface area contributed by atoms with Crippen LogP contribution in [-0.2, 0) is 4.74 Å². The summed E-state index contributed by atoms with van der Waals surface area (Å²) in [5.74, 6) is 0. The minimum absolute atomic E-state index is 0.564. The molecule has 0 bridgehead atoms. The summed E-state index contributed by atoms with van der Waals surface area (Å²) < 4.78 is 5.12. The molecule has 1 fully saturated rings. The van der Waals surface area contributed by atoms with Crippen molar-refractivity contribution in [3.8, 4) is 0 Å². The molecular formula is C11H26N2O. The van der Waals surface area contributed by atoms with Gasteiger partial charge in [0, 0.05) is 12.6 Å². The first kappa shape index (κ1) is 13.9. The Hall–Kier alpha value is -0.120. The lowest BCUT2D eigenvalue weighted by Crippen LogP contribution is -2.38. The van der Waals surface area contributed by atoms with Crippen molar-refractivity contribution in [3.63, 3.8) is 0 Å². The number of ether oxygens (including phenoxy) is 1. The van der Waals surface area contributed by atoms with Crippen LogP contribution in [0.1, 0.15) is 27.7 Å². The third-order valence-electron chi connectivity index (χ3n) is 2.45. The lowest BCUT2D eigenvalue weighted by molar-refractivity contribution is 0.0824. The Morgan fingerprint density at radius 2 is 1.79 bits per heavy atom. The fraction of sp³-hybridized carbons (Fsp3) is 1.00. The molecule has 0 unspecified atom stereocenters. The zero-order chi connectivity index (χ0) is 10.8. The standard InChI is InChI=1S/C6H15N.C5H11NO/c1-4-7(5-2)6-3;1-5-4-7-3-2-6-5/h4-6H2,1-3H3;5-6H,2-4H2,1H3/t;5-/m.0/s1. The molecule has 86 valence electrons. The van der Waals surface area contributed by atoms with Gasteiger partial charge in [0.2, 0.25) is 0 Å². The van der Waals surface area contributed by atoms with Crippen molar-refractivity contribution in [2.24, 2.45) is 0 Å². The van der Waals surface area contributed by atoms with E-state index < -0.39 is 0 Å². The van der Waals surface area contributed by atoms with Gasteiger partial charge in [-0.3, -0.25) is 0 Å². The van der Waals surface area contributed by atoms with E-state index in [9.17, 15) is 0 Å². The van der Waals surface area contributed by atoms with Crippen LogP contribution in [0.5, 0.6) is 0 Å². The van der Waals surface area contributed by atoms with Gasteiger partial charge in [-0.2, -0.15) is 0 Å². The van der Waals surface area contributed by atoms with E-state index in [1.165, 1.54) is 19.6 Å². The molecule has 0 aromatic rings. The first-order valence-electron chi connectivity index (χ1n) is 5.78. The van der Waals surface area contributed by atoms with Crippen LogP contribution in [0.2, 0.25) is 0 Å².